The predicted octanol–water partition coefficient (Wildman–Crippen LogP) is 4.06. The minimum absolute atomic E-state index is 0.0193. The molecule has 0 heterocycles. The first-order valence-electron chi connectivity index (χ1n) is 5.85. The molecular weight excluding hydrogens is 262 g/mol. The van der Waals surface area contributed by atoms with Gasteiger partial charge in [-0.05, 0) is 30.7 Å². The molecule has 1 aromatic carbocycles. The van der Waals surface area contributed by atoms with Gasteiger partial charge in [-0.25, -0.2) is 0 Å². The standard InChI is InChI=1S/C14H17NO3S/c1-10(13(16)19-14(2,3)4)9-11-5-7-12(8-6-11)15(17)18/h5-9H,1-4H3/b10-9+. The van der Waals surface area contributed by atoms with E-state index in [0.29, 0.717) is 5.57 Å². The van der Waals surface area contributed by atoms with Crippen LogP contribution in [0.15, 0.2) is 29.8 Å². The number of thioether (sulfide) groups is 1. The van der Waals surface area contributed by atoms with Crippen molar-refractivity contribution >= 4 is 28.6 Å². The van der Waals surface area contributed by atoms with Gasteiger partial charge in [0, 0.05) is 22.5 Å². The molecular formula is C14H17NO3S. The molecule has 0 atom stereocenters. The average Bonchev–Trinajstić information content (AvgIpc) is 2.27. The lowest BCUT2D eigenvalue weighted by atomic mass is 10.1. The number of hydrogen-bond donors (Lipinski definition) is 0. The number of hydrogen-bond acceptors (Lipinski definition) is 4. The maximum absolute atomic E-state index is 11.9. The SMILES string of the molecule is C/C(=C\c1ccc([N+](=O)[O-])cc1)C(=O)SC(C)(C)C. The first-order chi connectivity index (χ1) is 8.69. The normalized spacial score (nSPS) is 12.3. The van der Waals surface area contributed by atoms with E-state index < -0.39 is 4.92 Å². The Morgan fingerprint density at radius 3 is 2.21 bits per heavy atom. The predicted molar refractivity (Wildman–Crippen MR) is 79.1 cm³/mol. The zero-order chi connectivity index (χ0) is 14.6. The minimum Gasteiger partial charge on any atom is -0.282 e. The quantitative estimate of drug-likeness (QED) is 0.475. The Hall–Kier alpha value is -1.62. The van der Waals surface area contributed by atoms with Crippen molar-refractivity contribution in [3.8, 4) is 0 Å². The molecule has 4 nitrogen and oxygen atoms in total. The van der Waals surface area contributed by atoms with E-state index in [0.717, 1.165) is 5.56 Å². The van der Waals surface area contributed by atoms with Crippen LogP contribution in [0, 0.1) is 10.1 Å². The van der Waals surface area contributed by atoms with Gasteiger partial charge in [-0.1, -0.05) is 32.5 Å². The van der Waals surface area contributed by atoms with Gasteiger partial charge in [0.05, 0.1) is 4.92 Å². The fraction of sp³-hybridized carbons (Fsp3) is 0.357. The fourth-order valence-electron chi connectivity index (χ4n) is 1.36. The third kappa shape index (κ3) is 5.26. The lowest BCUT2D eigenvalue weighted by Crippen LogP contribution is -2.12. The van der Waals surface area contributed by atoms with Crippen molar-refractivity contribution in [2.75, 3.05) is 0 Å². The van der Waals surface area contributed by atoms with Gasteiger partial charge in [-0.2, -0.15) is 0 Å². The fourth-order valence-corrected chi connectivity index (χ4v) is 2.14. The zero-order valence-electron chi connectivity index (χ0n) is 11.5. The molecule has 1 aromatic rings. The molecule has 0 N–H and O–H groups in total. The molecule has 0 saturated heterocycles. The van der Waals surface area contributed by atoms with Crippen LogP contribution in [0.2, 0.25) is 0 Å². The number of rotatable bonds is 3. The Morgan fingerprint density at radius 1 is 1.26 bits per heavy atom. The third-order valence-electron chi connectivity index (χ3n) is 2.21. The Labute approximate surface area is 117 Å². The molecule has 0 unspecified atom stereocenters. The second kappa shape index (κ2) is 6.02. The van der Waals surface area contributed by atoms with Gasteiger partial charge >= 0.3 is 0 Å². The number of nitro benzene ring substituents is 1. The molecule has 5 heteroatoms. The molecule has 0 amide bonds. The summed E-state index contributed by atoms with van der Waals surface area (Å²) in [7, 11) is 0. The average molecular weight is 279 g/mol. The molecule has 1 rings (SSSR count). The Bertz CT molecular complexity index is 512. The number of benzene rings is 1. The summed E-state index contributed by atoms with van der Waals surface area (Å²) < 4.78 is -0.123. The van der Waals surface area contributed by atoms with Crippen LogP contribution >= 0.6 is 11.8 Å². The van der Waals surface area contributed by atoms with Gasteiger partial charge in [-0.3, -0.25) is 14.9 Å². The number of nitrogens with zero attached hydrogens (tertiary/aromatic N) is 1. The second-order valence-electron chi connectivity index (χ2n) is 5.18. The summed E-state index contributed by atoms with van der Waals surface area (Å²) in [5.74, 6) is 0. The third-order valence-corrected chi connectivity index (χ3v) is 3.33. The van der Waals surface area contributed by atoms with E-state index in [9.17, 15) is 14.9 Å². The summed E-state index contributed by atoms with van der Waals surface area (Å²) in [5, 5.41) is 10.6. The van der Waals surface area contributed by atoms with Gasteiger partial charge in [-0.15, -0.1) is 0 Å². The monoisotopic (exact) mass is 279 g/mol. The molecule has 19 heavy (non-hydrogen) atoms. The molecule has 0 aromatic heterocycles. The number of carbonyl (C=O) groups excluding carboxylic acids is 1. The highest BCUT2D eigenvalue weighted by atomic mass is 32.2. The van der Waals surface area contributed by atoms with Crippen molar-refractivity contribution < 1.29 is 9.72 Å². The Kier molecular flexibility index (Phi) is 4.89. The summed E-state index contributed by atoms with van der Waals surface area (Å²) in [4.78, 5) is 22.0. The number of nitro groups is 1. The van der Waals surface area contributed by atoms with Crippen LogP contribution in [0.1, 0.15) is 33.3 Å². The molecule has 0 bridgehead atoms. The number of non-ortho nitro benzene ring substituents is 1. The maximum Gasteiger partial charge on any atom is 0.269 e. The van der Waals surface area contributed by atoms with Gasteiger partial charge in [0.25, 0.3) is 5.69 Å². The van der Waals surface area contributed by atoms with E-state index in [4.69, 9.17) is 0 Å². The first-order valence-corrected chi connectivity index (χ1v) is 6.67. The van der Waals surface area contributed by atoms with E-state index >= 15 is 0 Å². The van der Waals surface area contributed by atoms with E-state index in [2.05, 4.69) is 0 Å². The minimum atomic E-state index is -0.443. The van der Waals surface area contributed by atoms with Crippen molar-refractivity contribution in [3.05, 3.63) is 45.5 Å². The highest BCUT2D eigenvalue weighted by molar-refractivity contribution is 8.15. The van der Waals surface area contributed by atoms with Crippen LogP contribution in [0.25, 0.3) is 6.08 Å². The van der Waals surface area contributed by atoms with Crippen LogP contribution in [0.5, 0.6) is 0 Å². The van der Waals surface area contributed by atoms with Crippen LogP contribution in [0.4, 0.5) is 5.69 Å². The highest BCUT2D eigenvalue weighted by Crippen LogP contribution is 2.27. The van der Waals surface area contributed by atoms with Crippen molar-refractivity contribution in [2.45, 2.75) is 32.4 Å². The molecule has 0 radical (unpaired) electrons. The van der Waals surface area contributed by atoms with Crippen molar-refractivity contribution in [1.82, 2.24) is 0 Å². The zero-order valence-corrected chi connectivity index (χ0v) is 12.3. The Balaban J connectivity index is 2.84. The van der Waals surface area contributed by atoms with Crippen molar-refractivity contribution in [3.63, 3.8) is 0 Å². The maximum atomic E-state index is 11.9. The van der Waals surface area contributed by atoms with Gasteiger partial charge < -0.3 is 0 Å². The molecule has 0 aliphatic rings. The molecule has 0 aliphatic carbocycles. The summed E-state index contributed by atoms with van der Waals surface area (Å²) >= 11 is 1.28. The van der Waals surface area contributed by atoms with Crippen molar-refractivity contribution in [2.24, 2.45) is 0 Å². The van der Waals surface area contributed by atoms with Crippen molar-refractivity contribution in [1.29, 1.82) is 0 Å². The van der Waals surface area contributed by atoms with E-state index in [1.807, 2.05) is 20.8 Å². The smallest absolute Gasteiger partial charge is 0.269 e. The largest absolute Gasteiger partial charge is 0.282 e. The molecule has 0 spiro atoms. The molecule has 0 saturated carbocycles. The highest BCUT2D eigenvalue weighted by Gasteiger charge is 2.17. The molecule has 0 aliphatic heterocycles. The van der Waals surface area contributed by atoms with Crippen LogP contribution in [-0.4, -0.2) is 14.8 Å². The lowest BCUT2D eigenvalue weighted by molar-refractivity contribution is -0.384. The van der Waals surface area contributed by atoms with Crippen LogP contribution < -0.4 is 0 Å². The summed E-state index contributed by atoms with van der Waals surface area (Å²) in [5.41, 5.74) is 1.46. The topological polar surface area (TPSA) is 60.2 Å². The van der Waals surface area contributed by atoms with Crippen LogP contribution in [0.3, 0.4) is 0 Å². The molecule has 0 fully saturated rings. The van der Waals surface area contributed by atoms with Crippen LogP contribution in [-0.2, 0) is 4.79 Å². The van der Waals surface area contributed by atoms with Gasteiger partial charge in [0.15, 0.2) is 0 Å². The van der Waals surface area contributed by atoms with E-state index in [-0.39, 0.29) is 15.5 Å². The van der Waals surface area contributed by atoms with Gasteiger partial charge in [0.2, 0.25) is 5.12 Å². The lowest BCUT2D eigenvalue weighted by Gasteiger charge is -2.16. The van der Waals surface area contributed by atoms with Gasteiger partial charge in [0.1, 0.15) is 0 Å². The summed E-state index contributed by atoms with van der Waals surface area (Å²) in [6.07, 6.45) is 1.74. The Morgan fingerprint density at radius 2 is 1.79 bits per heavy atom. The number of carbonyl (C=O) groups is 1. The van der Waals surface area contributed by atoms with E-state index in [1.165, 1.54) is 23.9 Å². The second-order valence-corrected chi connectivity index (χ2v) is 6.98. The first kappa shape index (κ1) is 15.4. The summed E-state index contributed by atoms with van der Waals surface area (Å²) in [6, 6.07) is 6.13. The molecule has 102 valence electrons. The summed E-state index contributed by atoms with van der Waals surface area (Å²) in [6.45, 7) is 7.70. The van der Waals surface area contributed by atoms with E-state index in [1.54, 1.807) is 25.1 Å².